The second kappa shape index (κ2) is 3.79. The minimum Gasteiger partial charge on any atom is -0.269 e. The maximum Gasteiger partial charge on any atom is 0.102 e. The van der Waals surface area contributed by atoms with Crippen molar-refractivity contribution in [2.24, 2.45) is 0 Å². The van der Waals surface area contributed by atoms with Gasteiger partial charge in [0.15, 0.2) is 0 Å². The van der Waals surface area contributed by atoms with Crippen LogP contribution in [-0.4, -0.2) is 16.0 Å². The third-order valence-electron chi connectivity index (χ3n) is 2.65. The molecule has 1 aliphatic rings. The molecule has 0 aliphatic heterocycles. The van der Waals surface area contributed by atoms with Crippen molar-refractivity contribution in [1.82, 2.24) is 9.78 Å². The smallest absolute Gasteiger partial charge is 0.102 e. The van der Waals surface area contributed by atoms with Gasteiger partial charge in [-0.25, -0.2) is 4.39 Å². The molecule has 2 atom stereocenters. The molecule has 0 aromatic carbocycles. The van der Waals surface area contributed by atoms with E-state index in [1.807, 2.05) is 6.20 Å². The fourth-order valence-corrected chi connectivity index (χ4v) is 1.90. The van der Waals surface area contributed by atoms with E-state index >= 15 is 0 Å². The lowest BCUT2D eigenvalue weighted by Gasteiger charge is -2.08. The highest BCUT2D eigenvalue weighted by molar-refractivity contribution is 5.10. The summed E-state index contributed by atoms with van der Waals surface area (Å²) in [5.41, 5.74) is 0.912. The molecule has 4 heteroatoms. The van der Waals surface area contributed by atoms with Gasteiger partial charge in [0.25, 0.3) is 0 Å². The molecule has 74 valence electrons. The molecule has 0 saturated heterocycles. The first kappa shape index (κ1) is 9.20. The number of nitriles is 1. The average Bonchev–Trinajstić information content (AvgIpc) is 2.74. The molecule has 1 fully saturated rings. The van der Waals surface area contributed by atoms with E-state index in [1.165, 1.54) is 0 Å². The summed E-state index contributed by atoms with van der Waals surface area (Å²) < 4.78 is 14.7. The highest BCUT2D eigenvalue weighted by Gasteiger charge is 2.25. The van der Waals surface area contributed by atoms with Gasteiger partial charge in [-0.3, -0.25) is 4.68 Å². The summed E-state index contributed by atoms with van der Waals surface area (Å²) in [6, 6.07) is 2.26. The quantitative estimate of drug-likeness (QED) is 0.721. The molecule has 0 N–H and O–H groups in total. The van der Waals surface area contributed by atoms with Gasteiger partial charge in [0.2, 0.25) is 0 Å². The van der Waals surface area contributed by atoms with Gasteiger partial charge in [0.1, 0.15) is 6.17 Å². The molecule has 0 radical (unpaired) electrons. The molecular weight excluding hydrogens is 181 g/mol. The monoisotopic (exact) mass is 193 g/mol. The van der Waals surface area contributed by atoms with E-state index in [-0.39, 0.29) is 6.04 Å². The SMILES string of the molecule is N#CCc1cnn(C2CCC(F)C2)c1. The van der Waals surface area contributed by atoms with Crippen molar-refractivity contribution in [3.63, 3.8) is 0 Å². The van der Waals surface area contributed by atoms with Crippen molar-refractivity contribution < 1.29 is 4.39 Å². The summed E-state index contributed by atoms with van der Waals surface area (Å²) in [5, 5.41) is 12.6. The zero-order chi connectivity index (χ0) is 9.97. The Labute approximate surface area is 82.1 Å². The molecule has 2 unspecified atom stereocenters. The Hall–Kier alpha value is -1.37. The number of alkyl halides is 1. The molecule has 14 heavy (non-hydrogen) atoms. The second-order valence-electron chi connectivity index (χ2n) is 3.73. The molecule has 0 amide bonds. The van der Waals surface area contributed by atoms with Crippen LogP contribution >= 0.6 is 0 Å². The summed E-state index contributed by atoms with van der Waals surface area (Å²) in [6.07, 6.45) is 5.30. The predicted molar refractivity (Wildman–Crippen MR) is 49.3 cm³/mol. The Morgan fingerprint density at radius 2 is 2.50 bits per heavy atom. The standard InChI is InChI=1S/C10H12FN3/c11-9-1-2-10(5-9)14-7-8(3-4-12)6-13-14/h6-7,9-10H,1-3,5H2. The third kappa shape index (κ3) is 1.77. The van der Waals surface area contributed by atoms with Gasteiger partial charge in [-0.2, -0.15) is 10.4 Å². The summed E-state index contributed by atoms with van der Waals surface area (Å²) in [7, 11) is 0. The number of rotatable bonds is 2. The van der Waals surface area contributed by atoms with Crippen molar-refractivity contribution in [2.45, 2.75) is 37.9 Å². The van der Waals surface area contributed by atoms with Crippen molar-refractivity contribution in [3.05, 3.63) is 18.0 Å². The lowest BCUT2D eigenvalue weighted by Crippen LogP contribution is -2.05. The van der Waals surface area contributed by atoms with Gasteiger partial charge in [-0.05, 0) is 12.8 Å². The molecule has 1 saturated carbocycles. The van der Waals surface area contributed by atoms with E-state index in [1.54, 1.807) is 10.9 Å². The summed E-state index contributed by atoms with van der Waals surface area (Å²) in [5.74, 6) is 0. The Morgan fingerprint density at radius 1 is 1.64 bits per heavy atom. The normalized spacial score (nSPS) is 26.3. The van der Waals surface area contributed by atoms with E-state index in [0.29, 0.717) is 19.3 Å². The second-order valence-corrected chi connectivity index (χ2v) is 3.73. The lowest BCUT2D eigenvalue weighted by atomic mass is 10.2. The van der Waals surface area contributed by atoms with Gasteiger partial charge >= 0.3 is 0 Å². The van der Waals surface area contributed by atoms with Gasteiger partial charge in [-0.15, -0.1) is 0 Å². The maximum absolute atomic E-state index is 12.9. The first-order chi connectivity index (χ1) is 6.79. The zero-order valence-electron chi connectivity index (χ0n) is 7.86. The maximum atomic E-state index is 12.9. The number of hydrogen-bond acceptors (Lipinski definition) is 2. The fraction of sp³-hybridized carbons (Fsp3) is 0.600. The van der Waals surface area contributed by atoms with Gasteiger partial charge in [0.05, 0.1) is 24.7 Å². The van der Waals surface area contributed by atoms with Crippen LogP contribution in [0.4, 0.5) is 4.39 Å². The summed E-state index contributed by atoms with van der Waals surface area (Å²) >= 11 is 0. The van der Waals surface area contributed by atoms with Crippen molar-refractivity contribution >= 4 is 0 Å². The van der Waals surface area contributed by atoms with Gasteiger partial charge < -0.3 is 0 Å². The van der Waals surface area contributed by atoms with Gasteiger partial charge in [-0.1, -0.05) is 0 Å². The third-order valence-corrected chi connectivity index (χ3v) is 2.65. The summed E-state index contributed by atoms with van der Waals surface area (Å²) in [6.45, 7) is 0. The Morgan fingerprint density at radius 3 is 3.14 bits per heavy atom. The minimum atomic E-state index is -0.677. The molecule has 1 aliphatic carbocycles. The van der Waals surface area contributed by atoms with Gasteiger partial charge in [0, 0.05) is 18.2 Å². The number of halogens is 1. The van der Waals surface area contributed by atoms with E-state index in [9.17, 15) is 4.39 Å². The topological polar surface area (TPSA) is 41.6 Å². The highest BCUT2D eigenvalue weighted by atomic mass is 19.1. The molecule has 1 heterocycles. The van der Waals surface area contributed by atoms with Crippen LogP contribution in [0.25, 0.3) is 0 Å². The molecule has 3 nitrogen and oxygen atoms in total. The Balaban J connectivity index is 2.06. The number of nitrogens with zero attached hydrogens (tertiary/aromatic N) is 3. The average molecular weight is 193 g/mol. The Bertz CT molecular complexity index is 352. The molecule has 0 bridgehead atoms. The number of aromatic nitrogens is 2. The van der Waals surface area contributed by atoms with E-state index in [2.05, 4.69) is 11.2 Å². The Kier molecular flexibility index (Phi) is 2.49. The fourth-order valence-electron chi connectivity index (χ4n) is 1.90. The van der Waals surface area contributed by atoms with E-state index in [4.69, 9.17) is 5.26 Å². The van der Waals surface area contributed by atoms with E-state index < -0.39 is 6.17 Å². The largest absolute Gasteiger partial charge is 0.269 e. The van der Waals surface area contributed by atoms with Crippen molar-refractivity contribution in [3.8, 4) is 6.07 Å². The molecule has 1 aromatic rings. The zero-order valence-corrected chi connectivity index (χ0v) is 7.86. The summed E-state index contributed by atoms with van der Waals surface area (Å²) in [4.78, 5) is 0. The van der Waals surface area contributed by atoms with Crippen LogP contribution in [0, 0.1) is 11.3 Å². The van der Waals surface area contributed by atoms with Crippen LogP contribution in [0.5, 0.6) is 0 Å². The number of hydrogen-bond donors (Lipinski definition) is 0. The van der Waals surface area contributed by atoms with Crippen LogP contribution < -0.4 is 0 Å². The van der Waals surface area contributed by atoms with Crippen LogP contribution in [0.1, 0.15) is 30.9 Å². The van der Waals surface area contributed by atoms with Crippen LogP contribution in [0.15, 0.2) is 12.4 Å². The molecular formula is C10H12FN3. The van der Waals surface area contributed by atoms with Crippen molar-refractivity contribution in [2.75, 3.05) is 0 Å². The predicted octanol–water partition coefficient (Wildman–Crippen LogP) is 2.01. The lowest BCUT2D eigenvalue weighted by molar-refractivity contribution is 0.326. The first-order valence-corrected chi connectivity index (χ1v) is 4.83. The van der Waals surface area contributed by atoms with E-state index in [0.717, 1.165) is 12.0 Å². The van der Waals surface area contributed by atoms with Crippen LogP contribution in [-0.2, 0) is 6.42 Å². The minimum absolute atomic E-state index is 0.192. The molecule has 2 rings (SSSR count). The highest BCUT2D eigenvalue weighted by Crippen LogP contribution is 2.31. The first-order valence-electron chi connectivity index (χ1n) is 4.83. The van der Waals surface area contributed by atoms with Crippen LogP contribution in [0.3, 0.4) is 0 Å². The van der Waals surface area contributed by atoms with Crippen molar-refractivity contribution in [1.29, 1.82) is 5.26 Å². The van der Waals surface area contributed by atoms with Crippen LogP contribution in [0.2, 0.25) is 0 Å². The molecule has 1 aromatic heterocycles. The molecule has 0 spiro atoms.